The van der Waals surface area contributed by atoms with Gasteiger partial charge in [0.2, 0.25) is 0 Å². The first kappa shape index (κ1) is 16.2. The van der Waals surface area contributed by atoms with Crippen LogP contribution in [0.15, 0.2) is 42.5 Å². The van der Waals surface area contributed by atoms with E-state index in [4.69, 9.17) is 16.3 Å². The first-order valence-corrected chi connectivity index (χ1v) is 7.58. The van der Waals surface area contributed by atoms with Crippen LogP contribution >= 0.6 is 11.6 Å². The minimum absolute atomic E-state index is 0.0164. The molecule has 1 heterocycles. The summed E-state index contributed by atoms with van der Waals surface area (Å²) >= 11 is 5.83. The molecule has 4 nitrogen and oxygen atoms in total. The molecular formula is C18H14ClFN2O2. The number of carbonyl (C=O) groups is 1. The number of nitrogens with zero attached hydrogens (tertiary/aromatic N) is 1. The highest BCUT2D eigenvalue weighted by Crippen LogP contribution is 2.30. The zero-order valence-electron chi connectivity index (χ0n) is 13.1. The van der Waals surface area contributed by atoms with Gasteiger partial charge < -0.3 is 10.1 Å². The van der Waals surface area contributed by atoms with Gasteiger partial charge in [-0.2, -0.15) is 0 Å². The van der Waals surface area contributed by atoms with Crippen molar-refractivity contribution in [2.45, 2.75) is 6.92 Å². The number of nitrogens with one attached hydrogen (secondary N) is 1. The Morgan fingerprint density at radius 1 is 1.25 bits per heavy atom. The van der Waals surface area contributed by atoms with E-state index in [9.17, 15) is 9.18 Å². The highest BCUT2D eigenvalue weighted by Gasteiger charge is 2.14. The number of pyridine rings is 1. The molecule has 0 aliphatic carbocycles. The summed E-state index contributed by atoms with van der Waals surface area (Å²) in [4.78, 5) is 16.3. The number of hydrogen-bond acceptors (Lipinski definition) is 4. The lowest BCUT2D eigenvalue weighted by molar-refractivity contribution is 0.0594. The molecule has 3 aromatic rings. The Morgan fingerprint density at radius 3 is 2.75 bits per heavy atom. The number of hydrogen-bond donors (Lipinski definition) is 1. The van der Waals surface area contributed by atoms with Crippen molar-refractivity contribution in [2.24, 2.45) is 0 Å². The lowest BCUT2D eigenvalue weighted by Crippen LogP contribution is -2.06. The first-order valence-electron chi connectivity index (χ1n) is 7.20. The average Bonchev–Trinajstić information content (AvgIpc) is 2.58. The third-order valence-electron chi connectivity index (χ3n) is 3.63. The smallest absolute Gasteiger partial charge is 0.356 e. The van der Waals surface area contributed by atoms with Crippen LogP contribution in [-0.4, -0.2) is 18.1 Å². The lowest BCUT2D eigenvalue weighted by atomic mass is 10.1. The summed E-state index contributed by atoms with van der Waals surface area (Å²) in [6, 6.07) is 11.6. The summed E-state index contributed by atoms with van der Waals surface area (Å²) < 4.78 is 18.1. The zero-order chi connectivity index (χ0) is 17.3. The van der Waals surface area contributed by atoms with Crippen molar-refractivity contribution in [3.8, 4) is 0 Å². The van der Waals surface area contributed by atoms with Crippen LogP contribution in [0.5, 0.6) is 0 Å². The van der Waals surface area contributed by atoms with Gasteiger partial charge in [0.1, 0.15) is 5.82 Å². The Kier molecular flexibility index (Phi) is 4.36. The van der Waals surface area contributed by atoms with E-state index in [1.807, 2.05) is 25.1 Å². The maximum atomic E-state index is 13.3. The number of anilines is 2. The van der Waals surface area contributed by atoms with Crippen molar-refractivity contribution in [1.29, 1.82) is 0 Å². The predicted octanol–water partition coefficient (Wildman–Crippen LogP) is 4.87. The van der Waals surface area contributed by atoms with Gasteiger partial charge in [-0.05, 0) is 36.8 Å². The molecule has 0 radical (unpaired) electrons. The number of fused-ring (bicyclic) bond motifs is 1. The molecular weight excluding hydrogens is 331 g/mol. The third kappa shape index (κ3) is 3.03. The second kappa shape index (κ2) is 6.45. The molecule has 2 aromatic carbocycles. The van der Waals surface area contributed by atoms with E-state index in [0.29, 0.717) is 16.9 Å². The summed E-state index contributed by atoms with van der Waals surface area (Å²) in [6.45, 7) is 1.91. The van der Waals surface area contributed by atoms with E-state index < -0.39 is 11.8 Å². The standard InChI is InChI=1S/C18H14ClFN2O2/c1-10-4-3-5-12-15(9-16(18(23)24-2)22-17(10)12)21-11-6-7-14(20)13(19)8-11/h3-9H,1-2H3,(H,21,22). The molecule has 0 spiro atoms. The average molecular weight is 345 g/mol. The maximum absolute atomic E-state index is 13.3. The quantitative estimate of drug-likeness (QED) is 0.689. The van der Waals surface area contributed by atoms with Crippen molar-refractivity contribution < 1.29 is 13.9 Å². The number of para-hydroxylation sites is 1. The van der Waals surface area contributed by atoms with Gasteiger partial charge in [0.05, 0.1) is 23.3 Å². The molecule has 0 saturated heterocycles. The minimum Gasteiger partial charge on any atom is -0.464 e. The van der Waals surface area contributed by atoms with Crippen LogP contribution in [0.1, 0.15) is 16.1 Å². The second-order valence-corrected chi connectivity index (χ2v) is 5.68. The molecule has 0 saturated carbocycles. The highest BCUT2D eigenvalue weighted by atomic mass is 35.5. The van der Waals surface area contributed by atoms with Gasteiger partial charge >= 0.3 is 5.97 Å². The van der Waals surface area contributed by atoms with Gasteiger partial charge in [-0.25, -0.2) is 14.2 Å². The third-order valence-corrected chi connectivity index (χ3v) is 3.92. The van der Waals surface area contributed by atoms with Crippen LogP contribution in [0.25, 0.3) is 10.9 Å². The molecule has 3 rings (SSSR count). The van der Waals surface area contributed by atoms with Crippen LogP contribution in [-0.2, 0) is 4.74 Å². The molecule has 0 amide bonds. The van der Waals surface area contributed by atoms with Gasteiger partial charge in [0, 0.05) is 11.1 Å². The van der Waals surface area contributed by atoms with Crippen LogP contribution in [0.4, 0.5) is 15.8 Å². The van der Waals surface area contributed by atoms with Crippen molar-refractivity contribution in [2.75, 3.05) is 12.4 Å². The Balaban J connectivity index is 2.16. The fraction of sp³-hybridized carbons (Fsp3) is 0.111. The molecule has 0 fully saturated rings. The lowest BCUT2D eigenvalue weighted by Gasteiger charge is -2.13. The summed E-state index contributed by atoms with van der Waals surface area (Å²) in [5, 5.41) is 4.02. The maximum Gasteiger partial charge on any atom is 0.356 e. The SMILES string of the molecule is COC(=O)c1cc(Nc2ccc(F)c(Cl)c2)c2cccc(C)c2n1. The number of aryl methyl sites for hydroxylation is 1. The topological polar surface area (TPSA) is 51.2 Å². The molecule has 0 bridgehead atoms. The Labute approximate surface area is 143 Å². The molecule has 0 aliphatic rings. The van der Waals surface area contributed by atoms with E-state index in [-0.39, 0.29) is 10.7 Å². The molecule has 0 atom stereocenters. The highest BCUT2D eigenvalue weighted by molar-refractivity contribution is 6.31. The van der Waals surface area contributed by atoms with Crippen molar-refractivity contribution in [3.63, 3.8) is 0 Å². The van der Waals surface area contributed by atoms with Crippen molar-refractivity contribution in [3.05, 3.63) is 64.6 Å². The molecule has 1 N–H and O–H groups in total. The summed E-state index contributed by atoms with van der Waals surface area (Å²) in [6.07, 6.45) is 0. The number of methoxy groups -OCH3 is 1. The van der Waals surface area contributed by atoms with Gasteiger partial charge in [-0.1, -0.05) is 29.8 Å². The monoisotopic (exact) mass is 344 g/mol. The molecule has 0 aliphatic heterocycles. The van der Waals surface area contributed by atoms with Crippen LogP contribution in [0.2, 0.25) is 5.02 Å². The van der Waals surface area contributed by atoms with Gasteiger partial charge in [0.25, 0.3) is 0 Å². The number of aromatic nitrogens is 1. The number of carbonyl (C=O) groups excluding carboxylic acids is 1. The molecule has 6 heteroatoms. The van der Waals surface area contributed by atoms with E-state index in [1.165, 1.54) is 19.2 Å². The van der Waals surface area contributed by atoms with Gasteiger partial charge in [-0.3, -0.25) is 0 Å². The fourth-order valence-corrected chi connectivity index (χ4v) is 2.61. The van der Waals surface area contributed by atoms with Gasteiger partial charge in [0.15, 0.2) is 5.69 Å². The second-order valence-electron chi connectivity index (χ2n) is 5.27. The largest absolute Gasteiger partial charge is 0.464 e. The van der Waals surface area contributed by atoms with E-state index in [2.05, 4.69) is 10.3 Å². The molecule has 0 unspecified atom stereocenters. The Bertz CT molecular complexity index is 944. The number of halogens is 2. The van der Waals surface area contributed by atoms with Crippen LogP contribution in [0.3, 0.4) is 0 Å². The normalized spacial score (nSPS) is 10.7. The van der Waals surface area contributed by atoms with Crippen molar-refractivity contribution in [1.82, 2.24) is 4.98 Å². The zero-order valence-corrected chi connectivity index (χ0v) is 13.8. The minimum atomic E-state index is -0.527. The van der Waals surface area contributed by atoms with E-state index >= 15 is 0 Å². The van der Waals surface area contributed by atoms with E-state index in [0.717, 1.165) is 10.9 Å². The molecule has 1 aromatic heterocycles. The summed E-state index contributed by atoms with van der Waals surface area (Å²) in [5.41, 5.74) is 3.07. The summed E-state index contributed by atoms with van der Waals surface area (Å²) in [7, 11) is 1.30. The van der Waals surface area contributed by atoms with Crippen molar-refractivity contribution >= 4 is 39.8 Å². The van der Waals surface area contributed by atoms with Crippen LogP contribution in [0, 0.1) is 12.7 Å². The number of rotatable bonds is 3. The fourth-order valence-electron chi connectivity index (χ4n) is 2.43. The van der Waals surface area contributed by atoms with Gasteiger partial charge in [-0.15, -0.1) is 0 Å². The number of esters is 1. The Hall–Kier alpha value is -2.66. The Morgan fingerprint density at radius 2 is 2.04 bits per heavy atom. The van der Waals surface area contributed by atoms with Crippen LogP contribution < -0.4 is 5.32 Å². The molecule has 24 heavy (non-hydrogen) atoms. The predicted molar refractivity (Wildman–Crippen MR) is 92.5 cm³/mol. The summed E-state index contributed by atoms with van der Waals surface area (Å²) in [5.74, 6) is -1.02. The van der Waals surface area contributed by atoms with E-state index in [1.54, 1.807) is 12.1 Å². The number of ether oxygens (including phenoxy) is 1. The first-order chi connectivity index (χ1) is 11.5. The molecule has 122 valence electrons. The number of benzene rings is 2.